The van der Waals surface area contributed by atoms with Crippen LogP contribution in [0.3, 0.4) is 0 Å². The summed E-state index contributed by atoms with van der Waals surface area (Å²) in [6.07, 6.45) is 2.87. The Morgan fingerprint density at radius 2 is 1.90 bits per heavy atom. The second-order valence-corrected chi connectivity index (χ2v) is 11.7. The molecule has 2 atom stereocenters. The van der Waals surface area contributed by atoms with Gasteiger partial charge in [0.25, 0.3) is 0 Å². The van der Waals surface area contributed by atoms with Crippen LogP contribution in [0.5, 0.6) is 0 Å². The number of likely N-dealkylation sites (N-methyl/N-ethyl adjacent to an activating group) is 1. The lowest BCUT2D eigenvalue weighted by molar-refractivity contribution is -0.0658. The number of ether oxygens (including phenoxy) is 1. The number of piperazine rings is 1. The summed E-state index contributed by atoms with van der Waals surface area (Å²) in [6.45, 7) is 12.2. The fourth-order valence-corrected chi connectivity index (χ4v) is 6.18. The first-order valence-corrected chi connectivity index (χ1v) is 14.0. The highest BCUT2D eigenvalue weighted by Gasteiger charge is 2.47. The maximum absolute atomic E-state index is 6.25. The summed E-state index contributed by atoms with van der Waals surface area (Å²) < 4.78 is 6.25. The molecular weight excluding hydrogens is 488 g/mol. The molecule has 1 aromatic carbocycles. The molecule has 0 radical (unpaired) electrons. The topological polar surface area (TPSA) is 81.7 Å². The standard InChI is InChI=1S/C30H40N8O/c1-20-15-21(9-10-25(20)37-13-11-36(5)12-14-37)34-29-32-18-23-24-19-39-30(2,3)16-26(24)38(28(23)35-29)27-8-6-7-22(33-27)17-31-4/h6-10,15,18,24,26,31H,11-14,16-17,19H2,1-5H3,(H,32,34,35)/t24?,26-/m1/s1. The number of hydrogen-bond donors (Lipinski definition) is 2. The molecule has 0 saturated carbocycles. The molecule has 2 aromatic heterocycles. The van der Waals surface area contributed by atoms with Crippen LogP contribution >= 0.6 is 0 Å². The minimum atomic E-state index is -0.207. The van der Waals surface area contributed by atoms with Crippen molar-refractivity contribution in [3.63, 3.8) is 0 Å². The van der Waals surface area contributed by atoms with Gasteiger partial charge in [0.2, 0.25) is 5.95 Å². The summed E-state index contributed by atoms with van der Waals surface area (Å²) >= 11 is 0. The van der Waals surface area contributed by atoms with E-state index < -0.39 is 0 Å². The van der Waals surface area contributed by atoms with Gasteiger partial charge in [0, 0.05) is 67.8 Å². The number of anilines is 5. The lowest BCUT2D eigenvalue weighted by Gasteiger charge is -2.40. The van der Waals surface area contributed by atoms with Crippen molar-refractivity contribution in [2.45, 2.75) is 51.3 Å². The zero-order valence-corrected chi connectivity index (χ0v) is 23.7. The van der Waals surface area contributed by atoms with Crippen molar-refractivity contribution in [3.8, 4) is 0 Å². The molecule has 0 bridgehead atoms. The third-order valence-electron chi connectivity index (χ3n) is 8.27. The smallest absolute Gasteiger partial charge is 0.229 e. The van der Waals surface area contributed by atoms with Crippen LogP contribution in [0.15, 0.2) is 42.6 Å². The second kappa shape index (κ2) is 10.4. The predicted molar refractivity (Wildman–Crippen MR) is 157 cm³/mol. The highest BCUT2D eigenvalue weighted by Crippen LogP contribution is 2.49. The van der Waals surface area contributed by atoms with Crippen LogP contribution in [0.2, 0.25) is 0 Å². The molecule has 39 heavy (non-hydrogen) atoms. The first-order chi connectivity index (χ1) is 18.8. The van der Waals surface area contributed by atoms with E-state index in [1.165, 1.54) is 11.3 Å². The van der Waals surface area contributed by atoms with Gasteiger partial charge in [-0.15, -0.1) is 0 Å². The molecule has 3 aliphatic rings. The van der Waals surface area contributed by atoms with E-state index in [4.69, 9.17) is 19.7 Å². The average molecular weight is 529 g/mol. The van der Waals surface area contributed by atoms with Crippen molar-refractivity contribution in [1.82, 2.24) is 25.2 Å². The Bertz CT molecular complexity index is 1340. The minimum Gasteiger partial charge on any atom is -0.375 e. The molecule has 9 heteroatoms. The van der Waals surface area contributed by atoms with E-state index in [1.54, 1.807) is 0 Å². The summed E-state index contributed by atoms with van der Waals surface area (Å²) in [4.78, 5) is 22.0. The number of rotatable bonds is 6. The average Bonchev–Trinajstić information content (AvgIpc) is 3.21. The van der Waals surface area contributed by atoms with Gasteiger partial charge < -0.3 is 30.1 Å². The number of nitrogens with one attached hydrogen (secondary N) is 2. The van der Waals surface area contributed by atoms with E-state index in [0.717, 1.165) is 67.7 Å². The number of aryl methyl sites for hydroxylation is 1. The highest BCUT2D eigenvalue weighted by molar-refractivity contribution is 5.70. The van der Waals surface area contributed by atoms with Gasteiger partial charge >= 0.3 is 0 Å². The van der Waals surface area contributed by atoms with E-state index in [9.17, 15) is 0 Å². The van der Waals surface area contributed by atoms with Crippen molar-refractivity contribution in [3.05, 3.63) is 59.4 Å². The van der Waals surface area contributed by atoms with Crippen molar-refractivity contribution < 1.29 is 4.74 Å². The Balaban J connectivity index is 1.30. The van der Waals surface area contributed by atoms with Gasteiger partial charge in [-0.25, -0.2) is 9.97 Å². The number of aromatic nitrogens is 3. The Hall–Kier alpha value is -3.27. The third kappa shape index (κ3) is 5.18. The van der Waals surface area contributed by atoms with Crippen LogP contribution in [0.25, 0.3) is 0 Å². The Morgan fingerprint density at radius 1 is 1.08 bits per heavy atom. The van der Waals surface area contributed by atoms with Crippen LogP contribution in [0.4, 0.5) is 29.0 Å². The molecule has 3 aromatic rings. The zero-order chi connectivity index (χ0) is 27.1. The molecular formula is C30H40N8O. The van der Waals surface area contributed by atoms with Crippen LogP contribution in [-0.4, -0.2) is 78.4 Å². The summed E-state index contributed by atoms with van der Waals surface area (Å²) in [5, 5.41) is 6.69. The van der Waals surface area contributed by atoms with E-state index >= 15 is 0 Å². The van der Waals surface area contributed by atoms with E-state index in [-0.39, 0.29) is 17.6 Å². The molecule has 3 aliphatic heterocycles. The van der Waals surface area contributed by atoms with Crippen molar-refractivity contribution in [1.29, 1.82) is 0 Å². The van der Waals surface area contributed by atoms with Crippen LogP contribution in [0.1, 0.15) is 43.0 Å². The molecule has 5 heterocycles. The molecule has 9 nitrogen and oxygen atoms in total. The van der Waals surface area contributed by atoms with Crippen LogP contribution < -0.4 is 20.4 Å². The van der Waals surface area contributed by atoms with Gasteiger partial charge in [-0.1, -0.05) is 6.07 Å². The van der Waals surface area contributed by atoms with Crippen molar-refractivity contribution in [2.75, 3.05) is 62.0 Å². The number of nitrogens with zero attached hydrogens (tertiary/aromatic N) is 6. The molecule has 0 aliphatic carbocycles. The summed E-state index contributed by atoms with van der Waals surface area (Å²) in [6, 6.07) is 13.0. The summed E-state index contributed by atoms with van der Waals surface area (Å²) in [7, 11) is 4.13. The molecule has 2 saturated heterocycles. The largest absolute Gasteiger partial charge is 0.375 e. The lowest BCUT2D eigenvalue weighted by Crippen LogP contribution is -2.45. The van der Waals surface area contributed by atoms with Gasteiger partial charge in [-0.05, 0) is 77.2 Å². The van der Waals surface area contributed by atoms with Gasteiger partial charge in [-0.3, -0.25) is 0 Å². The third-order valence-corrected chi connectivity index (χ3v) is 8.27. The Kier molecular flexibility index (Phi) is 6.91. The molecule has 0 amide bonds. The highest BCUT2D eigenvalue weighted by atomic mass is 16.5. The monoisotopic (exact) mass is 528 g/mol. The molecule has 2 N–H and O–H groups in total. The maximum Gasteiger partial charge on any atom is 0.229 e. The number of fused-ring (bicyclic) bond motifs is 3. The van der Waals surface area contributed by atoms with E-state index in [0.29, 0.717) is 12.6 Å². The Morgan fingerprint density at radius 3 is 2.67 bits per heavy atom. The lowest BCUT2D eigenvalue weighted by atomic mass is 9.85. The van der Waals surface area contributed by atoms with E-state index in [2.05, 4.69) is 89.6 Å². The number of benzene rings is 1. The van der Waals surface area contributed by atoms with Gasteiger partial charge in [-0.2, -0.15) is 4.98 Å². The van der Waals surface area contributed by atoms with Crippen molar-refractivity contribution >= 4 is 29.0 Å². The summed E-state index contributed by atoms with van der Waals surface area (Å²) in [5.74, 6) is 2.65. The minimum absolute atomic E-state index is 0.207. The van der Waals surface area contributed by atoms with Gasteiger partial charge in [0.1, 0.15) is 11.6 Å². The van der Waals surface area contributed by atoms with Crippen LogP contribution in [0, 0.1) is 6.92 Å². The number of pyridine rings is 1. The quantitative estimate of drug-likeness (QED) is 0.489. The molecule has 206 valence electrons. The summed E-state index contributed by atoms with van der Waals surface area (Å²) in [5.41, 5.74) is 5.47. The fourth-order valence-electron chi connectivity index (χ4n) is 6.18. The van der Waals surface area contributed by atoms with E-state index in [1.807, 2.05) is 13.2 Å². The first-order valence-electron chi connectivity index (χ1n) is 14.0. The predicted octanol–water partition coefficient (Wildman–Crippen LogP) is 4.20. The molecule has 2 fully saturated rings. The maximum atomic E-state index is 6.25. The normalized spacial score (nSPS) is 22.5. The fraction of sp³-hybridized carbons (Fsp3) is 0.500. The zero-order valence-electron chi connectivity index (χ0n) is 23.7. The molecule has 6 rings (SSSR count). The van der Waals surface area contributed by atoms with Crippen LogP contribution in [-0.2, 0) is 11.3 Å². The van der Waals surface area contributed by atoms with Crippen molar-refractivity contribution in [2.24, 2.45) is 0 Å². The first kappa shape index (κ1) is 26.0. The molecule has 1 unspecified atom stereocenters. The number of hydrogen-bond acceptors (Lipinski definition) is 9. The second-order valence-electron chi connectivity index (χ2n) is 11.7. The van der Waals surface area contributed by atoms with Gasteiger partial charge in [0.05, 0.1) is 17.9 Å². The Labute approximate surface area is 231 Å². The molecule has 0 spiro atoms. The SMILES string of the molecule is CNCc1cccc(N2c3nc(Nc4ccc(N5CCN(C)CC5)c(C)c4)ncc3C3COC(C)(C)C[C@H]32)n1. The van der Waals surface area contributed by atoms with Gasteiger partial charge in [0.15, 0.2) is 0 Å².